The summed E-state index contributed by atoms with van der Waals surface area (Å²) >= 11 is 0. The Morgan fingerprint density at radius 2 is 1.08 bits per heavy atom. The smallest absolute Gasteiger partial charge is 0.106 e. The molecule has 0 saturated carbocycles. The third-order valence-corrected chi connectivity index (χ3v) is 4.64. The topological polar surface area (TPSA) is 60.7 Å². The molecule has 0 saturated heterocycles. The van der Waals surface area contributed by atoms with Gasteiger partial charge < -0.3 is 15.3 Å². The fourth-order valence-corrected chi connectivity index (χ4v) is 2.93. The summed E-state index contributed by atoms with van der Waals surface area (Å²) in [5.41, 5.74) is 0. The first kappa shape index (κ1) is 23.6. The fourth-order valence-electron chi connectivity index (χ4n) is 2.93. The third-order valence-electron chi connectivity index (χ3n) is 4.64. The predicted octanol–water partition coefficient (Wildman–Crippen LogP) is 5.13. The lowest BCUT2D eigenvalue weighted by atomic mass is 10.0. The van der Waals surface area contributed by atoms with Gasteiger partial charge in [0.25, 0.3) is 0 Å². The van der Waals surface area contributed by atoms with E-state index in [2.05, 4.69) is 6.92 Å². The Morgan fingerprint density at radius 3 is 1.50 bits per heavy atom. The molecular formula is C21H42O3. The molecule has 144 valence electrons. The fraction of sp³-hybridized carbons (Fsp3) is 0.905. The zero-order valence-electron chi connectivity index (χ0n) is 16.0. The number of rotatable bonds is 18. The number of hydrogen-bond acceptors (Lipinski definition) is 3. The van der Waals surface area contributed by atoms with Crippen LogP contribution in [0.3, 0.4) is 0 Å². The lowest BCUT2D eigenvalue weighted by molar-refractivity contribution is 0.00937. The minimum Gasteiger partial charge on any atom is -0.394 e. The van der Waals surface area contributed by atoms with Crippen LogP contribution in [0, 0.1) is 0 Å². The first-order valence-corrected chi connectivity index (χ1v) is 10.4. The van der Waals surface area contributed by atoms with Gasteiger partial charge in [-0.3, -0.25) is 0 Å². The van der Waals surface area contributed by atoms with Crippen molar-refractivity contribution in [3.05, 3.63) is 12.2 Å². The van der Waals surface area contributed by atoms with E-state index in [0.717, 1.165) is 12.8 Å². The highest BCUT2D eigenvalue weighted by atomic mass is 16.4. The number of hydrogen-bond donors (Lipinski definition) is 3. The molecule has 0 aliphatic carbocycles. The monoisotopic (exact) mass is 342 g/mol. The second-order valence-electron chi connectivity index (χ2n) is 7.05. The molecule has 0 aromatic heterocycles. The lowest BCUT2D eigenvalue weighted by Gasteiger charge is -2.10. The van der Waals surface area contributed by atoms with E-state index in [0.29, 0.717) is 0 Å². The van der Waals surface area contributed by atoms with Gasteiger partial charge in [0.2, 0.25) is 0 Å². The van der Waals surface area contributed by atoms with Crippen LogP contribution < -0.4 is 0 Å². The number of unbranched alkanes of at least 4 members (excludes halogenated alkanes) is 14. The molecule has 0 amide bonds. The van der Waals surface area contributed by atoms with Crippen LogP contribution in [0.4, 0.5) is 0 Å². The Labute approximate surface area is 150 Å². The molecule has 24 heavy (non-hydrogen) atoms. The van der Waals surface area contributed by atoms with Crippen LogP contribution in [0.1, 0.15) is 103 Å². The molecular weight excluding hydrogens is 300 g/mol. The zero-order chi connectivity index (χ0) is 17.9. The van der Waals surface area contributed by atoms with Crippen molar-refractivity contribution < 1.29 is 15.3 Å². The lowest BCUT2D eigenvalue weighted by Crippen LogP contribution is -2.27. The maximum atomic E-state index is 9.44. The molecule has 0 aliphatic rings. The van der Waals surface area contributed by atoms with Crippen LogP contribution in [-0.2, 0) is 0 Å². The van der Waals surface area contributed by atoms with Crippen molar-refractivity contribution in [2.24, 2.45) is 0 Å². The Bertz CT molecular complexity index is 266. The van der Waals surface area contributed by atoms with Crippen molar-refractivity contribution in [2.75, 3.05) is 6.61 Å². The van der Waals surface area contributed by atoms with Crippen LogP contribution in [0.25, 0.3) is 0 Å². The number of aliphatic hydroxyl groups excluding tert-OH is 3. The van der Waals surface area contributed by atoms with Crippen molar-refractivity contribution in [1.82, 2.24) is 0 Å². The van der Waals surface area contributed by atoms with Crippen molar-refractivity contribution in [3.63, 3.8) is 0 Å². The molecule has 0 radical (unpaired) electrons. The summed E-state index contributed by atoms with van der Waals surface area (Å²) in [5.74, 6) is 0. The summed E-state index contributed by atoms with van der Waals surface area (Å²) in [4.78, 5) is 0. The molecule has 0 bridgehead atoms. The second-order valence-corrected chi connectivity index (χ2v) is 7.05. The summed E-state index contributed by atoms with van der Waals surface area (Å²) in [6.45, 7) is 1.87. The van der Waals surface area contributed by atoms with Crippen LogP contribution in [0.15, 0.2) is 12.2 Å². The van der Waals surface area contributed by atoms with E-state index in [4.69, 9.17) is 5.11 Å². The van der Waals surface area contributed by atoms with Crippen LogP contribution >= 0.6 is 0 Å². The highest BCUT2D eigenvalue weighted by Gasteiger charge is 2.10. The molecule has 0 fully saturated rings. The van der Waals surface area contributed by atoms with E-state index in [1.807, 2.05) is 6.08 Å². The highest BCUT2D eigenvalue weighted by Crippen LogP contribution is 2.13. The predicted molar refractivity (Wildman–Crippen MR) is 103 cm³/mol. The Kier molecular flexibility index (Phi) is 18.7. The maximum Gasteiger partial charge on any atom is 0.106 e. The minimum absolute atomic E-state index is 0.398. The van der Waals surface area contributed by atoms with Gasteiger partial charge in [-0.1, -0.05) is 103 Å². The van der Waals surface area contributed by atoms with Gasteiger partial charge in [0.1, 0.15) is 12.2 Å². The molecule has 3 N–H and O–H groups in total. The van der Waals surface area contributed by atoms with Gasteiger partial charge in [0, 0.05) is 0 Å². The van der Waals surface area contributed by atoms with E-state index < -0.39 is 18.8 Å². The van der Waals surface area contributed by atoms with Crippen molar-refractivity contribution in [3.8, 4) is 0 Å². The van der Waals surface area contributed by atoms with Crippen molar-refractivity contribution in [2.45, 2.75) is 115 Å². The largest absolute Gasteiger partial charge is 0.394 e. The first-order valence-electron chi connectivity index (χ1n) is 10.4. The molecule has 1 unspecified atom stereocenters. The summed E-state index contributed by atoms with van der Waals surface area (Å²) in [6, 6.07) is 0. The second kappa shape index (κ2) is 19.0. The van der Waals surface area contributed by atoms with E-state index in [1.165, 1.54) is 83.5 Å². The van der Waals surface area contributed by atoms with E-state index in [1.54, 1.807) is 6.08 Å². The Balaban J connectivity index is 3.16. The average Bonchev–Trinajstić information content (AvgIpc) is 2.60. The van der Waals surface area contributed by atoms with Gasteiger partial charge in [0.15, 0.2) is 0 Å². The summed E-state index contributed by atoms with van der Waals surface area (Å²) in [6.07, 6.45) is 21.5. The van der Waals surface area contributed by atoms with E-state index in [-0.39, 0.29) is 0 Å². The first-order chi connectivity index (χ1) is 11.7. The Morgan fingerprint density at radius 1 is 0.667 bits per heavy atom. The molecule has 0 rings (SSSR count). The van der Waals surface area contributed by atoms with Gasteiger partial charge in [0.05, 0.1) is 6.61 Å². The zero-order valence-corrected chi connectivity index (χ0v) is 16.0. The quantitative estimate of drug-likeness (QED) is 0.239. The molecule has 3 heteroatoms. The SMILES string of the molecule is CCCCCCCCCCCCCCCCC=C[C@@H](O)C(O)CO. The van der Waals surface area contributed by atoms with Gasteiger partial charge in [-0.15, -0.1) is 0 Å². The molecule has 0 aromatic carbocycles. The van der Waals surface area contributed by atoms with Gasteiger partial charge in [-0.2, -0.15) is 0 Å². The molecule has 2 atom stereocenters. The van der Waals surface area contributed by atoms with Crippen LogP contribution in [0.2, 0.25) is 0 Å². The van der Waals surface area contributed by atoms with Crippen LogP contribution in [0.5, 0.6) is 0 Å². The highest BCUT2D eigenvalue weighted by molar-refractivity contribution is 4.91. The molecule has 0 aliphatic heterocycles. The molecule has 0 heterocycles. The maximum absolute atomic E-state index is 9.44. The molecule has 0 aromatic rings. The number of aliphatic hydroxyl groups is 3. The molecule has 3 nitrogen and oxygen atoms in total. The third kappa shape index (κ3) is 16.5. The van der Waals surface area contributed by atoms with E-state index in [9.17, 15) is 10.2 Å². The standard InChI is InChI=1S/C21H42O3/c1-2-3-4-5-6-7-8-9-10-11-12-13-14-15-16-17-18-20(23)21(24)19-22/h17-18,20-24H,2-16,19H2,1H3/t20-,21?/m1/s1. The van der Waals surface area contributed by atoms with Gasteiger partial charge >= 0.3 is 0 Å². The minimum atomic E-state index is -1.06. The molecule has 0 spiro atoms. The van der Waals surface area contributed by atoms with Crippen LogP contribution in [-0.4, -0.2) is 34.1 Å². The normalized spacial score (nSPS) is 14.3. The van der Waals surface area contributed by atoms with Gasteiger partial charge in [-0.25, -0.2) is 0 Å². The Hall–Kier alpha value is -0.380. The summed E-state index contributed by atoms with van der Waals surface area (Å²) in [7, 11) is 0. The van der Waals surface area contributed by atoms with E-state index >= 15 is 0 Å². The summed E-state index contributed by atoms with van der Waals surface area (Å²) < 4.78 is 0. The van der Waals surface area contributed by atoms with Crippen molar-refractivity contribution >= 4 is 0 Å². The average molecular weight is 343 g/mol. The van der Waals surface area contributed by atoms with Crippen molar-refractivity contribution in [1.29, 1.82) is 0 Å². The number of allylic oxidation sites excluding steroid dienone is 1. The van der Waals surface area contributed by atoms with Gasteiger partial charge in [-0.05, 0) is 12.8 Å². The summed E-state index contributed by atoms with van der Waals surface area (Å²) in [5, 5.41) is 27.3.